The molecule has 0 atom stereocenters. The fourth-order valence-corrected chi connectivity index (χ4v) is 3.36. The van der Waals surface area contributed by atoms with Gasteiger partial charge in [-0.3, -0.25) is 4.57 Å². The lowest BCUT2D eigenvalue weighted by Gasteiger charge is -2.19. The average molecular weight is 314 g/mol. The van der Waals surface area contributed by atoms with Gasteiger partial charge in [-0.15, -0.1) is 0 Å². The van der Waals surface area contributed by atoms with Crippen molar-refractivity contribution in [3.63, 3.8) is 0 Å². The highest BCUT2D eigenvalue weighted by atomic mass is 31.2. The molecule has 0 saturated carbocycles. The summed E-state index contributed by atoms with van der Waals surface area (Å²) in [5.41, 5.74) is 0.275. The zero-order valence-corrected chi connectivity index (χ0v) is 13.4. The Morgan fingerprint density at radius 1 is 1.14 bits per heavy atom. The Balaban J connectivity index is 3.45. The summed E-state index contributed by atoms with van der Waals surface area (Å²) in [5.74, 6) is 2.51. The quantitative estimate of drug-likeness (QED) is 0.542. The van der Waals surface area contributed by atoms with E-state index in [0.29, 0.717) is 11.5 Å². The number of ether oxygens (including phenoxy) is 2. The van der Waals surface area contributed by atoms with E-state index in [4.69, 9.17) is 18.5 Å². The molecule has 0 aliphatic rings. The Bertz CT molecular complexity index is 567. The number of rotatable bonds is 8. The standard InChI is InChI=1S/C14H19O6P/c1-5-19-21(16,20-6-2)14(10-15)12-9-11(17-3)7-8-13(12)18-4/h7-9H,5-6H2,1-4H3. The topological polar surface area (TPSA) is 71.1 Å². The molecule has 1 aromatic carbocycles. The Hall–Kier alpha value is -1.58. The normalized spacial score (nSPS) is 10.9. The van der Waals surface area contributed by atoms with Crippen LogP contribution in [0.15, 0.2) is 18.2 Å². The molecule has 0 radical (unpaired) electrons. The van der Waals surface area contributed by atoms with Crippen LogP contribution in [-0.4, -0.2) is 33.4 Å². The fraction of sp³-hybridized carbons (Fsp3) is 0.429. The van der Waals surface area contributed by atoms with Gasteiger partial charge in [0.15, 0.2) is 5.31 Å². The summed E-state index contributed by atoms with van der Waals surface area (Å²) in [7, 11) is -0.833. The predicted molar refractivity (Wildman–Crippen MR) is 79.5 cm³/mol. The SMILES string of the molecule is CCOP(=O)(OCC)C(=C=O)c1cc(OC)ccc1OC. The monoisotopic (exact) mass is 314 g/mol. The number of hydrogen-bond donors (Lipinski definition) is 0. The van der Waals surface area contributed by atoms with E-state index >= 15 is 0 Å². The van der Waals surface area contributed by atoms with Crippen LogP contribution < -0.4 is 9.47 Å². The minimum absolute atomic E-state index is 0.134. The second-order valence-electron chi connectivity index (χ2n) is 3.85. The van der Waals surface area contributed by atoms with E-state index in [2.05, 4.69) is 0 Å². The van der Waals surface area contributed by atoms with Crippen molar-refractivity contribution in [1.29, 1.82) is 0 Å². The summed E-state index contributed by atoms with van der Waals surface area (Å²) >= 11 is 0. The molecule has 0 amide bonds. The summed E-state index contributed by atoms with van der Waals surface area (Å²) < 4.78 is 33.5. The van der Waals surface area contributed by atoms with Gasteiger partial charge in [-0.05, 0) is 32.0 Å². The molecule has 7 heteroatoms. The molecule has 6 nitrogen and oxygen atoms in total. The van der Waals surface area contributed by atoms with Crippen molar-refractivity contribution < 1.29 is 27.9 Å². The minimum atomic E-state index is -3.76. The molecule has 0 aromatic heterocycles. The van der Waals surface area contributed by atoms with Crippen LogP contribution in [0.25, 0.3) is 5.31 Å². The van der Waals surface area contributed by atoms with E-state index in [1.807, 2.05) is 0 Å². The number of carbonyl (C=O) groups excluding carboxylic acids is 1. The van der Waals surface area contributed by atoms with Gasteiger partial charge in [-0.25, -0.2) is 4.79 Å². The molecule has 0 aliphatic carbocycles. The largest absolute Gasteiger partial charge is 0.497 e. The van der Waals surface area contributed by atoms with Crippen LogP contribution in [0.2, 0.25) is 0 Å². The van der Waals surface area contributed by atoms with Gasteiger partial charge in [0, 0.05) is 5.56 Å². The molecule has 0 unspecified atom stereocenters. The predicted octanol–water partition coefficient (Wildman–Crippen LogP) is 3.14. The zero-order valence-electron chi connectivity index (χ0n) is 12.5. The third-order valence-electron chi connectivity index (χ3n) is 2.63. The number of methoxy groups -OCH3 is 2. The van der Waals surface area contributed by atoms with Crippen LogP contribution in [0.4, 0.5) is 0 Å². The van der Waals surface area contributed by atoms with Crippen molar-refractivity contribution in [1.82, 2.24) is 0 Å². The van der Waals surface area contributed by atoms with Gasteiger partial charge in [0.2, 0.25) is 0 Å². The van der Waals surface area contributed by atoms with Gasteiger partial charge in [-0.2, -0.15) is 0 Å². The van der Waals surface area contributed by atoms with Crippen LogP contribution in [-0.2, 0) is 18.4 Å². The van der Waals surface area contributed by atoms with Crippen molar-refractivity contribution in [2.75, 3.05) is 27.4 Å². The van der Waals surface area contributed by atoms with E-state index < -0.39 is 7.60 Å². The van der Waals surface area contributed by atoms with Crippen LogP contribution in [0.3, 0.4) is 0 Å². The maximum Gasteiger partial charge on any atom is 0.373 e. The molecule has 0 spiro atoms. The zero-order chi connectivity index (χ0) is 15.9. The third-order valence-corrected chi connectivity index (χ3v) is 4.71. The molecule has 0 fully saturated rings. The smallest absolute Gasteiger partial charge is 0.373 e. The van der Waals surface area contributed by atoms with Crippen LogP contribution in [0.5, 0.6) is 11.5 Å². The number of benzene rings is 1. The molecule has 0 aliphatic heterocycles. The Morgan fingerprint density at radius 2 is 1.76 bits per heavy atom. The van der Waals surface area contributed by atoms with E-state index in [9.17, 15) is 9.36 Å². The Morgan fingerprint density at radius 3 is 2.19 bits per heavy atom. The lowest BCUT2D eigenvalue weighted by atomic mass is 10.2. The first-order valence-electron chi connectivity index (χ1n) is 6.43. The molecule has 21 heavy (non-hydrogen) atoms. The maximum absolute atomic E-state index is 12.8. The summed E-state index contributed by atoms with van der Waals surface area (Å²) in [6.07, 6.45) is 0. The van der Waals surface area contributed by atoms with Crippen LogP contribution in [0.1, 0.15) is 19.4 Å². The lowest BCUT2D eigenvalue weighted by Crippen LogP contribution is -2.01. The van der Waals surface area contributed by atoms with E-state index in [-0.39, 0.29) is 24.1 Å². The molecule has 0 saturated heterocycles. The second-order valence-corrected chi connectivity index (χ2v) is 5.81. The Labute approximate surface area is 124 Å². The van der Waals surface area contributed by atoms with Crippen molar-refractivity contribution in [3.8, 4) is 11.5 Å². The van der Waals surface area contributed by atoms with E-state index in [1.165, 1.54) is 20.3 Å². The summed E-state index contributed by atoms with van der Waals surface area (Å²) in [4.78, 5) is 11.4. The van der Waals surface area contributed by atoms with Crippen molar-refractivity contribution in [2.45, 2.75) is 13.8 Å². The van der Waals surface area contributed by atoms with Gasteiger partial charge in [0.1, 0.15) is 17.4 Å². The highest BCUT2D eigenvalue weighted by molar-refractivity contribution is 7.65. The third kappa shape index (κ3) is 3.96. The first-order valence-corrected chi connectivity index (χ1v) is 7.97. The van der Waals surface area contributed by atoms with Gasteiger partial charge < -0.3 is 18.5 Å². The highest BCUT2D eigenvalue weighted by Crippen LogP contribution is 2.60. The molecule has 116 valence electrons. The van der Waals surface area contributed by atoms with Crippen molar-refractivity contribution >= 4 is 18.9 Å². The first kappa shape index (κ1) is 17.5. The molecule has 0 N–H and O–H groups in total. The van der Waals surface area contributed by atoms with Crippen molar-refractivity contribution in [3.05, 3.63) is 23.8 Å². The average Bonchev–Trinajstić information content (AvgIpc) is 2.48. The van der Waals surface area contributed by atoms with Gasteiger partial charge in [-0.1, -0.05) is 0 Å². The van der Waals surface area contributed by atoms with Crippen molar-refractivity contribution in [2.24, 2.45) is 0 Å². The first-order chi connectivity index (χ1) is 10.1. The summed E-state index contributed by atoms with van der Waals surface area (Å²) in [6, 6.07) is 4.80. The summed E-state index contributed by atoms with van der Waals surface area (Å²) in [5, 5.41) is -0.207. The second kappa shape index (κ2) is 8.01. The van der Waals surface area contributed by atoms with Crippen LogP contribution >= 0.6 is 7.60 Å². The van der Waals surface area contributed by atoms with Crippen LogP contribution in [0, 0.1) is 0 Å². The van der Waals surface area contributed by atoms with Gasteiger partial charge >= 0.3 is 7.60 Å². The number of hydrogen-bond acceptors (Lipinski definition) is 6. The minimum Gasteiger partial charge on any atom is -0.497 e. The van der Waals surface area contributed by atoms with Gasteiger partial charge in [0.25, 0.3) is 0 Å². The van der Waals surface area contributed by atoms with Gasteiger partial charge in [0.05, 0.1) is 27.4 Å². The summed E-state index contributed by atoms with van der Waals surface area (Å²) in [6.45, 7) is 3.59. The molecule has 0 bridgehead atoms. The van der Waals surface area contributed by atoms with E-state index in [1.54, 1.807) is 31.9 Å². The Kier molecular flexibility index (Phi) is 6.66. The molecule has 1 aromatic rings. The molecule has 1 rings (SSSR count). The van der Waals surface area contributed by atoms with E-state index in [0.717, 1.165) is 0 Å². The molecular formula is C14H19O6P. The molecule has 0 heterocycles. The fourth-order valence-electron chi connectivity index (χ4n) is 1.76. The molecular weight excluding hydrogens is 295 g/mol. The maximum atomic E-state index is 12.8. The highest BCUT2D eigenvalue weighted by Gasteiger charge is 2.34. The lowest BCUT2D eigenvalue weighted by molar-refractivity contribution is 0.230.